The normalized spacial score (nSPS) is 22.6. The molecule has 14 heavy (non-hydrogen) atoms. The first-order valence-electron chi connectivity index (χ1n) is 5.37. The molecular formula is C11H21NO2. The van der Waals surface area contributed by atoms with Gasteiger partial charge in [0.2, 0.25) is 0 Å². The molecular weight excluding hydrogens is 178 g/mol. The van der Waals surface area contributed by atoms with Crippen molar-refractivity contribution in [1.29, 1.82) is 0 Å². The Morgan fingerprint density at radius 1 is 1.64 bits per heavy atom. The van der Waals surface area contributed by atoms with E-state index in [2.05, 4.69) is 13.8 Å². The molecule has 0 amide bonds. The molecule has 3 nitrogen and oxygen atoms in total. The Balaban J connectivity index is 2.65. The summed E-state index contributed by atoms with van der Waals surface area (Å²) in [5, 5.41) is 0. The highest BCUT2D eigenvalue weighted by Gasteiger charge is 2.46. The minimum atomic E-state index is -0.136. The van der Waals surface area contributed by atoms with Crippen molar-refractivity contribution in [3.63, 3.8) is 0 Å². The molecule has 1 aliphatic rings. The van der Waals surface area contributed by atoms with Crippen LogP contribution in [-0.2, 0) is 9.53 Å². The largest absolute Gasteiger partial charge is 0.469 e. The molecule has 82 valence electrons. The summed E-state index contributed by atoms with van der Waals surface area (Å²) < 4.78 is 4.72. The molecule has 1 fully saturated rings. The highest BCUT2D eigenvalue weighted by Crippen LogP contribution is 2.49. The molecule has 2 unspecified atom stereocenters. The third kappa shape index (κ3) is 2.27. The molecule has 1 rings (SSSR count). The lowest BCUT2D eigenvalue weighted by atomic mass is 9.74. The second-order valence-electron chi connectivity index (χ2n) is 4.55. The monoisotopic (exact) mass is 199 g/mol. The van der Waals surface area contributed by atoms with E-state index in [0.29, 0.717) is 12.3 Å². The van der Waals surface area contributed by atoms with E-state index in [4.69, 9.17) is 10.5 Å². The Hall–Kier alpha value is -0.570. The summed E-state index contributed by atoms with van der Waals surface area (Å²) in [5.74, 6) is 0.486. The lowest BCUT2D eigenvalue weighted by molar-refractivity contribution is -0.144. The van der Waals surface area contributed by atoms with Gasteiger partial charge in [-0.05, 0) is 30.6 Å². The Labute approximate surface area is 86.0 Å². The van der Waals surface area contributed by atoms with Crippen LogP contribution in [0.15, 0.2) is 0 Å². The van der Waals surface area contributed by atoms with Crippen LogP contribution in [0.5, 0.6) is 0 Å². The van der Waals surface area contributed by atoms with E-state index in [9.17, 15) is 4.79 Å². The number of nitrogens with two attached hydrogens (primary N) is 1. The van der Waals surface area contributed by atoms with Crippen molar-refractivity contribution in [1.82, 2.24) is 0 Å². The summed E-state index contributed by atoms with van der Waals surface area (Å²) in [4.78, 5) is 11.3. The first-order chi connectivity index (χ1) is 6.54. The molecule has 1 saturated carbocycles. The summed E-state index contributed by atoms with van der Waals surface area (Å²) in [6.45, 7) is 4.19. The SMILES string of the molecule is CCC(N)C(C)(CC(=O)OC)C1CC1. The summed E-state index contributed by atoms with van der Waals surface area (Å²) >= 11 is 0. The molecule has 0 bridgehead atoms. The summed E-state index contributed by atoms with van der Waals surface area (Å²) in [7, 11) is 1.44. The third-order valence-corrected chi connectivity index (χ3v) is 3.55. The van der Waals surface area contributed by atoms with Crippen LogP contribution >= 0.6 is 0 Å². The van der Waals surface area contributed by atoms with Crippen molar-refractivity contribution in [2.24, 2.45) is 17.1 Å². The topological polar surface area (TPSA) is 52.3 Å². The van der Waals surface area contributed by atoms with Crippen LogP contribution in [0.4, 0.5) is 0 Å². The maximum absolute atomic E-state index is 11.3. The first-order valence-corrected chi connectivity index (χ1v) is 5.37. The van der Waals surface area contributed by atoms with Gasteiger partial charge in [-0.25, -0.2) is 0 Å². The molecule has 0 aromatic heterocycles. The van der Waals surface area contributed by atoms with E-state index in [1.807, 2.05) is 0 Å². The molecule has 2 N–H and O–H groups in total. The maximum Gasteiger partial charge on any atom is 0.306 e. The zero-order valence-electron chi connectivity index (χ0n) is 9.38. The van der Waals surface area contributed by atoms with Gasteiger partial charge in [0.25, 0.3) is 0 Å². The number of ether oxygens (including phenoxy) is 1. The van der Waals surface area contributed by atoms with Gasteiger partial charge >= 0.3 is 5.97 Å². The van der Waals surface area contributed by atoms with Crippen molar-refractivity contribution in [2.45, 2.75) is 45.6 Å². The number of esters is 1. The molecule has 3 heteroatoms. The fourth-order valence-corrected chi connectivity index (χ4v) is 2.17. The molecule has 0 radical (unpaired) electrons. The quantitative estimate of drug-likeness (QED) is 0.686. The van der Waals surface area contributed by atoms with Gasteiger partial charge < -0.3 is 10.5 Å². The van der Waals surface area contributed by atoms with E-state index >= 15 is 0 Å². The number of hydrogen-bond donors (Lipinski definition) is 1. The first kappa shape index (κ1) is 11.5. The second kappa shape index (κ2) is 4.30. The lowest BCUT2D eigenvalue weighted by Gasteiger charge is -2.34. The minimum absolute atomic E-state index is 0.0537. The zero-order chi connectivity index (χ0) is 10.8. The van der Waals surface area contributed by atoms with Gasteiger partial charge in [0, 0.05) is 6.04 Å². The minimum Gasteiger partial charge on any atom is -0.469 e. The molecule has 0 aliphatic heterocycles. The van der Waals surface area contributed by atoms with E-state index in [1.54, 1.807) is 0 Å². The van der Waals surface area contributed by atoms with Crippen LogP contribution in [0.3, 0.4) is 0 Å². The molecule has 0 aromatic carbocycles. The van der Waals surface area contributed by atoms with Gasteiger partial charge in [0.1, 0.15) is 0 Å². The van der Waals surface area contributed by atoms with Crippen molar-refractivity contribution < 1.29 is 9.53 Å². The zero-order valence-corrected chi connectivity index (χ0v) is 9.38. The average Bonchev–Trinajstić information content (AvgIpc) is 2.99. The summed E-state index contributed by atoms with van der Waals surface area (Å²) in [6, 6.07) is 0.106. The molecule has 2 atom stereocenters. The number of hydrogen-bond acceptors (Lipinski definition) is 3. The van der Waals surface area contributed by atoms with Gasteiger partial charge in [0.15, 0.2) is 0 Å². The van der Waals surface area contributed by atoms with Gasteiger partial charge in [-0.3, -0.25) is 4.79 Å². The molecule has 0 heterocycles. The van der Waals surface area contributed by atoms with E-state index < -0.39 is 0 Å². The average molecular weight is 199 g/mol. The van der Waals surface area contributed by atoms with Crippen LogP contribution in [0.2, 0.25) is 0 Å². The summed E-state index contributed by atoms with van der Waals surface area (Å²) in [5.41, 5.74) is 6.03. The Morgan fingerprint density at radius 2 is 2.21 bits per heavy atom. The fraction of sp³-hybridized carbons (Fsp3) is 0.909. The highest BCUT2D eigenvalue weighted by molar-refractivity contribution is 5.70. The molecule has 0 saturated heterocycles. The predicted molar refractivity (Wildman–Crippen MR) is 55.7 cm³/mol. The van der Waals surface area contributed by atoms with Gasteiger partial charge in [-0.1, -0.05) is 13.8 Å². The van der Waals surface area contributed by atoms with Gasteiger partial charge in [-0.2, -0.15) is 0 Å². The van der Waals surface area contributed by atoms with Gasteiger partial charge in [0.05, 0.1) is 13.5 Å². The standard InChI is InChI=1S/C11H21NO2/c1-4-9(12)11(2,8-5-6-8)7-10(13)14-3/h8-9H,4-7,12H2,1-3H3. The van der Waals surface area contributed by atoms with Crippen molar-refractivity contribution in [2.75, 3.05) is 7.11 Å². The molecule has 0 aromatic rings. The summed E-state index contributed by atoms with van der Waals surface area (Å²) in [6.07, 6.45) is 3.80. The third-order valence-electron chi connectivity index (χ3n) is 3.55. The van der Waals surface area contributed by atoms with Crippen LogP contribution < -0.4 is 5.73 Å². The van der Waals surface area contributed by atoms with Crippen molar-refractivity contribution in [3.8, 4) is 0 Å². The number of carbonyl (C=O) groups is 1. The Bertz CT molecular complexity index is 213. The smallest absolute Gasteiger partial charge is 0.306 e. The number of rotatable bonds is 5. The Morgan fingerprint density at radius 3 is 2.57 bits per heavy atom. The van der Waals surface area contributed by atoms with E-state index in [1.165, 1.54) is 20.0 Å². The van der Waals surface area contributed by atoms with E-state index in [0.717, 1.165) is 6.42 Å². The van der Waals surface area contributed by atoms with Crippen molar-refractivity contribution >= 4 is 5.97 Å². The van der Waals surface area contributed by atoms with Crippen LogP contribution in [0.1, 0.15) is 39.5 Å². The maximum atomic E-state index is 11.3. The lowest BCUT2D eigenvalue weighted by Crippen LogP contribution is -2.42. The van der Waals surface area contributed by atoms with Gasteiger partial charge in [-0.15, -0.1) is 0 Å². The van der Waals surface area contributed by atoms with E-state index in [-0.39, 0.29) is 17.4 Å². The molecule has 1 aliphatic carbocycles. The molecule has 0 spiro atoms. The number of methoxy groups -OCH3 is 1. The second-order valence-corrected chi connectivity index (χ2v) is 4.55. The number of carbonyl (C=O) groups excluding carboxylic acids is 1. The van der Waals surface area contributed by atoms with Crippen LogP contribution in [0, 0.1) is 11.3 Å². The predicted octanol–water partition coefficient (Wildman–Crippen LogP) is 1.70. The fourth-order valence-electron chi connectivity index (χ4n) is 2.17. The Kier molecular flexibility index (Phi) is 3.53. The van der Waals surface area contributed by atoms with Crippen LogP contribution in [0.25, 0.3) is 0 Å². The van der Waals surface area contributed by atoms with Crippen molar-refractivity contribution in [3.05, 3.63) is 0 Å². The highest BCUT2D eigenvalue weighted by atomic mass is 16.5. The van der Waals surface area contributed by atoms with Crippen LogP contribution in [-0.4, -0.2) is 19.1 Å².